The Balaban J connectivity index is 2.21. The number of nitrogen functional groups attached to an aromatic ring is 1. The number of carbonyl (C=O) groups is 3. The minimum Gasteiger partial charge on any atom is -0.463 e. The van der Waals surface area contributed by atoms with Crippen LogP contribution in [-0.4, -0.2) is 37.2 Å². The number of anilines is 1. The monoisotopic (exact) mass is 381 g/mol. The molecule has 0 bridgehead atoms. The number of nitrogens with one attached hydrogen (secondary N) is 2. The number of carbonyl (C=O) groups excluding carboxylic acids is 3. The second-order valence-corrected chi connectivity index (χ2v) is 5.89. The van der Waals surface area contributed by atoms with Gasteiger partial charge in [0.2, 0.25) is 0 Å². The zero-order valence-corrected chi connectivity index (χ0v) is 15.2. The van der Waals surface area contributed by atoms with E-state index in [0.29, 0.717) is 11.4 Å². The molecule has 1 atom stereocenters. The van der Waals surface area contributed by atoms with Crippen molar-refractivity contribution >= 4 is 35.3 Å². The summed E-state index contributed by atoms with van der Waals surface area (Å²) >= 11 is 5.83. The van der Waals surface area contributed by atoms with Crippen LogP contribution in [0.1, 0.15) is 30.6 Å². The Labute approximate surface area is 155 Å². The van der Waals surface area contributed by atoms with E-state index in [1.807, 2.05) is 6.92 Å². The van der Waals surface area contributed by atoms with Crippen molar-refractivity contribution in [3.05, 3.63) is 40.1 Å². The van der Waals surface area contributed by atoms with E-state index in [9.17, 15) is 14.4 Å². The molecule has 140 valence electrons. The molecule has 0 saturated heterocycles. The van der Waals surface area contributed by atoms with Gasteiger partial charge in [-0.15, -0.1) is 0 Å². The maximum Gasteiger partial charge on any atom is 0.338 e. The van der Waals surface area contributed by atoms with Gasteiger partial charge in [-0.2, -0.15) is 0 Å². The molecule has 0 aliphatic carbocycles. The summed E-state index contributed by atoms with van der Waals surface area (Å²) < 4.78 is 10.3. The third-order valence-electron chi connectivity index (χ3n) is 3.73. The highest BCUT2D eigenvalue weighted by Crippen LogP contribution is 2.21. The number of benzene rings is 1. The molecule has 8 nitrogen and oxygen atoms in total. The van der Waals surface area contributed by atoms with Gasteiger partial charge in [-0.25, -0.2) is 14.4 Å². The molecule has 1 heterocycles. The summed E-state index contributed by atoms with van der Waals surface area (Å²) in [5.74, 6) is -1.24. The summed E-state index contributed by atoms with van der Waals surface area (Å²) in [6.45, 7) is 3.39. The Hall–Kier alpha value is -2.74. The van der Waals surface area contributed by atoms with Crippen LogP contribution in [0.25, 0.3) is 0 Å². The van der Waals surface area contributed by atoms with Crippen molar-refractivity contribution in [3.63, 3.8) is 0 Å². The third kappa shape index (κ3) is 4.45. The number of amides is 2. The number of hydrogen-bond donors (Lipinski definition) is 3. The molecule has 2 amide bonds. The molecule has 0 spiro atoms. The zero-order valence-electron chi connectivity index (χ0n) is 14.4. The lowest BCUT2D eigenvalue weighted by atomic mass is 10.0. The summed E-state index contributed by atoms with van der Waals surface area (Å²) in [5.41, 5.74) is 6.54. The molecule has 0 radical (unpaired) electrons. The number of hydrogen-bond acceptors (Lipinski definition) is 6. The largest absolute Gasteiger partial charge is 0.463 e. The van der Waals surface area contributed by atoms with E-state index in [1.165, 1.54) is 18.2 Å². The second-order valence-electron chi connectivity index (χ2n) is 5.48. The summed E-state index contributed by atoms with van der Waals surface area (Å²) in [6.07, 6.45) is 0.479. The zero-order chi connectivity index (χ0) is 19.3. The van der Waals surface area contributed by atoms with Gasteiger partial charge in [0.25, 0.3) is 0 Å². The predicted octanol–water partition coefficient (Wildman–Crippen LogP) is 1.99. The molecule has 0 fully saturated rings. The highest BCUT2D eigenvalue weighted by Gasteiger charge is 2.32. The fourth-order valence-electron chi connectivity index (χ4n) is 2.47. The lowest BCUT2D eigenvalue weighted by molar-refractivity contribution is -0.139. The third-order valence-corrected chi connectivity index (χ3v) is 4.07. The van der Waals surface area contributed by atoms with E-state index in [2.05, 4.69) is 10.6 Å². The Morgan fingerprint density at radius 3 is 2.58 bits per heavy atom. The van der Waals surface area contributed by atoms with Gasteiger partial charge in [0.05, 0.1) is 40.2 Å². The van der Waals surface area contributed by atoms with Crippen LogP contribution < -0.4 is 16.4 Å². The van der Waals surface area contributed by atoms with Crippen molar-refractivity contribution in [1.82, 2.24) is 10.6 Å². The SMILES string of the molecule is CCOC(=O)C1=C(COC(=O)c2ccc(Cl)c(N)c2)NC(=O)N[C@H]1CC. The first-order chi connectivity index (χ1) is 12.4. The van der Waals surface area contributed by atoms with Crippen LogP contribution >= 0.6 is 11.6 Å². The predicted molar refractivity (Wildman–Crippen MR) is 95.6 cm³/mol. The molecular formula is C17H20ClN3O5. The average molecular weight is 382 g/mol. The quantitative estimate of drug-likeness (QED) is 0.512. The minimum absolute atomic E-state index is 0.184. The fraction of sp³-hybridized carbons (Fsp3) is 0.353. The first-order valence-electron chi connectivity index (χ1n) is 8.07. The molecule has 4 N–H and O–H groups in total. The minimum atomic E-state index is -0.662. The van der Waals surface area contributed by atoms with Crippen molar-refractivity contribution in [1.29, 1.82) is 0 Å². The van der Waals surface area contributed by atoms with Crippen LogP contribution in [0.5, 0.6) is 0 Å². The smallest absolute Gasteiger partial charge is 0.338 e. The molecule has 1 aromatic carbocycles. The van der Waals surface area contributed by atoms with Crippen molar-refractivity contribution < 1.29 is 23.9 Å². The maximum atomic E-state index is 12.2. The Morgan fingerprint density at radius 2 is 1.96 bits per heavy atom. The average Bonchev–Trinajstić information content (AvgIpc) is 2.61. The maximum absolute atomic E-state index is 12.2. The normalized spacial score (nSPS) is 16.6. The lowest BCUT2D eigenvalue weighted by Crippen LogP contribution is -2.51. The lowest BCUT2D eigenvalue weighted by Gasteiger charge is -2.28. The number of halogens is 1. The van der Waals surface area contributed by atoms with Crippen LogP contribution in [0.2, 0.25) is 5.02 Å². The van der Waals surface area contributed by atoms with Gasteiger partial charge in [-0.3, -0.25) is 0 Å². The van der Waals surface area contributed by atoms with E-state index in [4.69, 9.17) is 26.8 Å². The number of esters is 2. The standard InChI is InChI=1S/C17H20ClN3O5/c1-3-12-14(16(23)25-4-2)13(21-17(24)20-12)8-26-15(22)9-5-6-10(18)11(19)7-9/h5-7,12H,3-4,8,19H2,1-2H3,(H2,20,21,24)/t12-/m0/s1. The Kier molecular flexibility index (Phi) is 6.46. The van der Waals surface area contributed by atoms with E-state index in [0.717, 1.165) is 0 Å². The first-order valence-corrected chi connectivity index (χ1v) is 8.44. The van der Waals surface area contributed by atoms with Gasteiger partial charge >= 0.3 is 18.0 Å². The molecule has 0 saturated carbocycles. The Bertz CT molecular complexity index is 763. The molecule has 2 rings (SSSR count). The van der Waals surface area contributed by atoms with Crippen LogP contribution in [0, 0.1) is 0 Å². The van der Waals surface area contributed by atoms with E-state index in [1.54, 1.807) is 6.92 Å². The number of urea groups is 1. The van der Waals surface area contributed by atoms with Gasteiger partial charge in [-0.1, -0.05) is 18.5 Å². The highest BCUT2D eigenvalue weighted by molar-refractivity contribution is 6.33. The number of nitrogens with two attached hydrogens (primary N) is 1. The number of rotatable bonds is 6. The van der Waals surface area contributed by atoms with Crippen molar-refractivity contribution in [2.45, 2.75) is 26.3 Å². The first kappa shape index (κ1) is 19.6. The topological polar surface area (TPSA) is 120 Å². The van der Waals surface area contributed by atoms with Crippen LogP contribution in [0.15, 0.2) is 29.5 Å². The van der Waals surface area contributed by atoms with Crippen LogP contribution in [0.4, 0.5) is 10.5 Å². The molecule has 1 aromatic rings. The molecule has 0 unspecified atom stereocenters. The molecule has 1 aliphatic rings. The van der Waals surface area contributed by atoms with E-state index >= 15 is 0 Å². The molecule has 9 heteroatoms. The number of ether oxygens (including phenoxy) is 2. The summed E-state index contributed by atoms with van der Waals surface area (Å²) in [6, 6.07) is 3.34. The highest BCUT2D eigenvalue weighted by atomic mass is 35.5. The molecule has 26 heavy (non-hydrogen) atoms. The Morgan fingerprint density at radius 1 is 1.23 bits per heavy atom. The van der Waals surface area contributed by atoms with Gasteiger partial charge < -0.3 is 25.8 Å². The van der Waals surface area contributed by atoms with Crippen LogP contribution in [-0.2, 0) is 14.3 Å². The summed E-state index contributed by atoms with van der Waals surface area (Å²) in [5, 5.41) is 5.47. The summed E-state index contributed by atoms with van der Waals surface area (Å²) in [4.78, 5) is 36.2. The van der Waals surface area contributed by atoms with Crippen molar-refractivity contribution in [2.24, 2.45) is 0 Å². The van der Waals surface area contributed by atoms with Gasteiger partial charge in [0.1, 0.15) is 6.61 Å². The van der Waals surface area contributed by atoms with Gasteiger partial charge in [0.15, 0.2) is 0 Å². The second kappa shape index (κ2) is 8.57. The summed E-state index contributed by atoms with van der Waals surface area (Å²) in [7, 11) is 0. The van der Waals surface area contributed by atoms with Crippen molar-refractivity contribution in [2.75, 3.05) is 18.9 Å². The van der Waals surface area contributed by atoms with E-state index < -0.39 is 24.0 Å². The van der Waals surface area contributed by atoms with E-state index in [-0.39, 0.29) is 35.7 Å². The van der Waals surface area contributed by atoms with Gasteiger partial charge in [-0.05, 0) is 31.5 Å². The molecular weight excluding hydrogens is 362 g/mol. The molecule has 0 aromatic heterocycles. The molecule has 1 aliphatic heterocycles. The van der Waals surface area contributed by atoms with Crippen LogP contribution in [0.3, 0.4) is 0 Å². The fourth-order valence-corrected chi connectivity index (χ4v) is 2.58. The van der Waals surface area contributed by atoms with Crippen molar-refractivity contribution in [3.8, 4) is 0 Å². The van der Waals surface area contributed by atoms with Gasteiger partial charge in [0, 0.05) is 0 Å².